The van der Waals surface area contributed by atoms with E-state index >= 15 is 0 Å². The van der Waals surface area contributed by atoms with Crippen LogP contribution < -0.4 is 5.32 Å². The molecule has 1 aromatic rings. The lowest BCUT2D eigenvalue weighted by atomic mass is 10.2. The van der Waals surface area contributed by atoms with Crippen LogP contribution in [-0.4, -0.2) is 34.7 Å². The number of aliphatic hydroxyl groups excluding tert-OH is 1. The molecule has 0 aliphatic heterocycles. The van der Waals surface area contributed by atoms with Crippen molar-refractivity contribution in [2.45, 2.75) is 12.5 Å². The van der Waals surface area contributed by atoms with Gasteiger partial charge in [-0.25, -0.2) is 4.79 Å². The zero-order chi connectivity index (χ0) is 15.1. The van der Waals surface area contributed by atoms with E-state index in [2.05, 4.69) is 5.32 Å². The molecule has 5 nitrogen and oxygen atoms in total. The van der Waals surface area contributed by atoms with Gasteiger partial charge in [-0.3, -0.25) is 4.79 Å². The lowest BCUT2D eigenvalue weighted by molar-refractivity contribution is -0.141. The SMILES string of the molecule is O=C(/C=C/c1cc(Cl)cc(Cl)c1)NC(CCO)C(=O)O. The molecule has 7 heteroatoms. The molecule has 1 amide bonds. The standard InChI is InChI=1S/C13H13Cl2NO4/c14-9-5-8(6-10(15)7-9)1-2-12(18)16-11(3-4-17)13(19)20/h1-2,5-7,11,17H,3-4H2,(H,16,18)(H,19,20)/b2-1+. The number of carbonyl (C=O) groups excluding carboxylic acids is 1. The Labute approximate surface area is 125 Å². The number of carboxylic acids is 1. The van der Waals surface area contributed by atoms with Gasteiger partial charge in [-0.05, 0) is 29.8 Å². The topological polar surface area (TPSA) is 86.6 Å². The summed E-state index contributed by atoms with van der Waals surface area (Å²) in [6, 6.07) is 3.65. The molecule has 0 aliphatic carbocycles. The number of aliphatic carboxylic acids is 1. The number of hydrogen-bond donors (Lipinski definition) is 3. The van der Waals surface area contributed by atoms with Crippen LogP contribution in [0.1, 0.15) is 12.0 Å². The van der Waals surface area contributed by atoms with E-state index in [-0.39, 0.29) is 13.0 Å². The van der Waals surface area contributed by atoms with Crippen molar-refractivity contribution in [3.05, 3.63) is 39.9 Å². The van der Waals surface area contributed by atoms with Gasteiger partial charge < -0.3 is 15.5 Å². The van der Waals surface area contributed by atoms with E-state index in [1.807, 2.05) is 0 Å². The van der Waals surface area contributed by atoms with Gasteiger partial charge in [0.2, 0.25) is 5.91 Å². The second-order valence-electron chi connectivity index (χ2n) is 3.95. The third kappa shape index (κ3) is 5.61. The van der Waals surface area contributed by atoms with Gasteiger partial charge in [0.05, 0.1) is 0 Å². The molecule has 0 heterocycles. The molecule has 0 saturated heterocycles. The van der Waals surface area contributed by atoms with Crippen molar-refractivity contribution in [2.24, 2.45) is 0 Å². The number of aliphatic hydroxyl groups is 1. The van der Waals surface area contributed by atoms with Crippen molar-refractivity contribution in [1.82, 2.24) is 5.32 Å². The van der Waals surface area contributed by atoms with Crippen LogP contribution in [-0.2, 0) is 9.59 Å². The Bertz CT molecular complexity index is 511. The minimum atomic E-state index is -1.20. The summed E-state index contributed by atoms with van der Waals surface area (Å²) < 4.78 is 0. The number of carboxylic acid groups (broad SMARTS) is 1. The number of hydrogen-bond acceptors (Lipinski definition) is 3. The Balaban J connectivity index is 2.69. The lowest BCUT2D eigenvalue weighted by Gasteiger charge is -2.11. The highest BCUT2D eigenvalue weighted by atomic mass is 35.5. The summed E-state index contributed by atoms with van der Waals surface area (Å²) in [5.74, 6) is -1.78. The van der Waals surface area contributed by atoms with E-state index in [4.69, 9.17) is 33.4 Å². The van der Waals surface area contributed by atoms with Gasteiger partial charge in [0.1, 0.15) is 6.04 Å². The van der Waals surface area contributed by atoms with Gasteiger partial charge in [-0.1, -0.05) is 23.2 Å². The molecular formula is C13H13Cl2NO4. The summed E-state index contributed by atoms with van der Waals surface area (Å²) in [4.78, 5) is 22.4. The number of benzene rings is 1. The third-order valence-corrected chi connectivity index (χ3v) is 2.78. The highest BCUT2D eigenvalue weighted by Crippen LogP contribution is 2.19. The van der Waals surface area contributed by atoms with Crippen molar-refractivity contribution >= 4 is 41.2 Å². The zero-order valence-corrected chi connectivity index (χ0v) is 11.9. The van der Waals surface area contributed by atoms with Crippen molar-refractivity contribution in [1.29, 1.82) is 0 Å². The van der Waals surface area contributed by atoms with Crippen LogP contribution in [0, 0.1) is 0 Å². The van der Waals surface area contributed by atoms with E-state index in [1.54, 1.807) is 18.2 Å². The first kappa shape index (κ1) is 16.5. The van der Waals surface area contributed by atoms with Crippen LogP contribution in [0.3, 0.4) is 0 Å². The third-order valence-electron chi connectivity index (χ3n) is 2.34. The normalized spacial score (nSPS) is 12.3. The van der Waals surface area contributed by atoms with Gasteiger partial charge in [0, 0.05) is 29.1 Å². The molecule has 1 atom stereocenters. The van der Waals surface area contributed by atoms with Crippen molar-refractivity contribution < 1.29 is 19.8 Å². The minimum Gasteiger partial charge on any atom is -0.480 e. The van der Waals surface area contributed by atoms with Crippen LogP contribution in [0.2, 0.25) is 10.0 Å². The van der Waals surface area contributed by atoms with Crippen molar-refractivity contribution in [3.63, 3.8) is 0 Å². The minimum absolute atomic E-state index is 0.0576. The molecule has 0 saturated carbocycles. The Morgan fingerprint density at radius 1 is 1.25 bits per heavy atom. The summed E-state index contributed by atoms with van der Waals surface area (Å²) in [7, 11) is 0. The summed E-state index contributed by atoms with van der Waals surface area (Å²) in [5, 5.41) is 20.7. The lowest BCUT2D eigenvalue weighted by Crippen LogP contribution is -2.40. The van der Waals surface area contributed by atoms with Crippen LogP contribution in [0.25, 0.3) is 6.08 Å². The molecule has 1 rings (SSSR count). The first-order valence-corrected chi connectivity index (χ1v) is 6.46. The smallest absolute Gasteiger partial charge is 0.326 e. The summed E-state index contributed by atoms with van der Waals surface area (Å²) in [5.41, 5.74) is 0.617. The monoisotopic (exact) mass is 317 g/mol. The summed E-state index contributed by atoms with van der Waals surface area (Å²) in [6.45, 7) is -0.329. The Morgan fingerprint density at radius 3 is 2.35 bits per heavy atom. The quantitative estimate of drug-likeness (QED) is 0.700. The second-order valence-corrected chi connectivity index (χ2v) is 4.82. The molecule has 0 fully saturated rings. The first-order chi connectivity index (χ1) is 9.42. The molecular weight excluding hydrogens is 305 g/mol. The molecule has 20 heavy (non-hydrogen) atoms. The molecule has 108 valence electrons. The summed E-state index contributed by atoms with van der Waals surface area (Å²) in [6.07, 6.45) is 2.58. The maximum atomic E-state index is 11.6. The molecule has 0 radical (unpaired) electrons. The van der Waals surface area contributed by atoms with E-state index in [0.717, 1.165) is 0 Å². The molecule has 0 bridgehead atoms. The molecule has 3 N–H and O–H groups in total. The van der Waals surface area contributed by atoms with Gasteiger partial charge in [-0.2, -0.15) is 0 Å². The van der Waals surface area contributed by atoms with Crippen LogP contribution >= 0.6 is 23.2 Å². The predicted molar refractivity (Wildman–Crippen MR) is 76.8 cm³/mol. The molecule has 0 aromatic heterocycles. The van der Waals surface area contributed by atoms with Gasteiger partial charge in [-0.15, -0.1) is 0 Å². The summed E-state index contributed by atoms with van der Waals surface area (Å²) >= 11 is 11.6. The van der Waals surface area contributed by atoms with E-state index in [9.17, 15) is 9.59 Å². The first-order valence-electron chi connectivity index (χ1n) is 5.70. The number of amides is 1. The van der Waals surface area contributed by atoms with Gasteiger partial charge in [0.25, 0.3) is 0 Å². The van der Waals surface area contributed by atoms with E-state index in [1.165, 1.54) is 12.2 Å². The van der Waals surface area contributed by atoms with Crippen LogP contribution in [0.5, 0.6) is 0 Å². The Hall–Kier alpha value is -1.56. The highest BCUT2D eigenvalue weighted by Gasteiger charge is 2.17. The Morgan fingerprint density at radius 2 is 1.85 bits per heavy atom. The maximum Gasteiger partial charge on any atom is 0.326 e. The average molecular weight is 318 g/mol. The van der Waals surface area contributed by atoms with Crippen LogP contribution in [0.4, 0.5) is 0 Å². The molecule has 0 aliphatic rings. The fraction of sp³-hybridized carbons (Fsp3) is 0.231. The second kappa shape index (κ2) is 7.89. The largest absolute Gasteiger partial charge is 0.480 e. The zero-order valence-electron chi connectivity index (χ0n) is 10.3. The average Bonchev–Trinajstić information content (AvgIpc) is 2.34. The van der Waals surface area contributed by atoms with Crippen molar-refractivity contribution in [2.75, 3.05) is 6.61 Å². The van der Waals surface area contributed by atoms with Gasteiger partial charge in [0.15, 0.2) is 0 Å². The number of halogens is 2. The van der Waals surface area contributed by atoms with E-state index in [0.29, 0.717) is 15.6 Å². The number of carbonyl (C=O) groups is 2. The fourth-order valence-corrected chi connectivity index (χ4v) is 1.99. The Kier molecular flexibility index (Phi) is 6.51. The predicted octanol–water partition coefficient (Wildman–Crippen LogP) is 1.96. The van der Waals surface area contributed by atoms with Crippen LogP contribution in [0.15, 0.2) is 24.3 Å². The maximum absolute atomic E-state index is 11.6. The molecule has 0 spiro atoms. The van der Waals surface area contributed by atoms with Gasteiger partial charge >= 0.3 is 5.97 Å². The number of nitrogens with one attached hydrogen (secondary N) is 1. The highest BCUT2D eigenvalue weighted by molar-refractivity contribution is 6.34. The van der Waals surface area contributed by atoms with E-state index < -0.39 is 17.9 Å². The fourth-order valence-electron chi connectivity index (χ4n) is 1.45. The van der Waals surface area contributed by atoms with Crippen molar-refractivity contribution in [3.8, 4) is 0 Å². The molecule has 1 unspecified atom stereocenters. The molecule has 1 aromatic carbocycles. The number of rotatable bonds is 6.